The number of alkyl halides is 6. The average molecular weight is 451 g/mol. The summed E-state index contributed by atoms with van der Waals surface area (Å²) in [5.74, 6) is -1.13. The molecule has 1 saturated heterocycles. The number of methoxy groups -OCH3 is 1. The van der Waals surface area contributed by atoms with Crippen molar-refractivity contribution in [1.82, 2.24) is 4.90 Å². The first-order chi connectivity index (χ1) is 14.5. The van der Waals surface area contributed by atoms with Gasteiger partial charge in [-0.1, -0.05) is 6.42 Å². The van der Waals surface area contributed by atoms with Crippen LogP contribution in [0.1, 0.15) is 72.9 Å². The summed E-state index contributed by atoms with van der Waals surface area (Å²) in [6, 6.07) is 0.919. The molecule has 0 bridgehead atoms. The lowest BCUT2D eigenvalue weighted by molar-refractivity contribution is -0.143. The van der Waals surface area contributed by atoms with E-state index >= 15 is 0 Å². The highest BCUT2D eigenvalue weighted by Gasteiger charge is 2.41. The minimum Gasteiger partial charge on any atom is -0.496 e. The zero-order valence-electron chi connectivity index (χ0n) is 17.4. The Balaban J connectivity index is 1.74. The van der Waals surface area contributed by atoms with Crippen molar-refractivity contribution < 1.29 is 35.9 Å². The molecule has 2 aliphatic rings. The number of halogens is 6. The van der Waals surface area contributed by atoms with Crippen molar-refractivity contribution in [1.29, 1.82) is 0 Å². The van der Waals surface area contributed by atoms with E-state index in [0.717, 1.165) is 45.9 Å². The van der Waals surface area contributed by atoms with Gasteiger partial charge in [0.2, 0.25) is 0 Å². The number of hydrogen-bond donors (Lipinski definition) is 0. The second kappa shape index (κ2) is 9.38. The van der Waals surface area contributed by atoms with E-state index in [2.05, 4.69) is 4.90 Å². The van der Waals surface area contributed by atoms with Crippen LogP contribution in [0.5, 0.6) is 5.75 Å². The molecule has 1 saturated carbocycles. The molecular formula is C22H27F6NO2. The number of likely N-dealkylation sites (tertiary alicyclic amines) is 1. The lowest BCUT2D eigenvalue weighted by atomic mass is 9.92. The first-order valence-corrected chi connectivity index (χ1v) is 10.7. The average Bonchev–Trinajstić information content (AvgIpc) is 3.36. The molecule has 1 aromatic rings. The molecule has 3 nitrogen and oxygen atoms in total. The SMILES string of the molecule is COc1cc(C(F)(F)F)cc(C(F)(F)F)c1C(=O)CCC[C@H]1CCC[C@H]1N1CCCC1. The Bertz CT molecular complexity index is 783. The fourth-order valence-corrected chi connectivity index (χ4v) is 5.01. The number of nitrogens with zero attached hydrogens (tertiary/aromatic N) is 1. The Morgan fingerprint density at radius 1 is 1.03 bits per heavy atom. The number of ether oxygens (including phenoxy) is 1. The number of benzene rings is 1. The van der Waals surface area contributed by atoms with E-state index in [9.17, 15) is 31.1 Å². The van der Waals surface area contributed by atoms with Gasteiger partial charge in [-0.2, -0.15) is 26.3 Å². The summed E-state index contributed by atoms with van der Waals surface area (Å²) >= 11 is 0. The molecule has 2 fully saturated rings. The number of rotatable bonds is 7. The molecule has 3 rings (SSSR count). The van der Waals surface area contributed by atoms with E-state index in [0.29, 0.717) is 24.4 Å². The number of ketones is 1. The first-order valence-electron chi connectivity index (χ1n) is 10.7. The lowest BCUT2D eigenvalue weighted by Gasteiger charge is -2.29. The Hall–Kier alpha value is -1.77. The van der Waals surface area contributed by atoms with Crippen molar-refractivity contribution in [2.45, 2.75) is 69.8 Å². The summed E-state index contributed by atoms with van der Waals surface area (Å²) in [5, 5.41) is 0. The number of Topliss-reactive ketones (excluding diaryl/α,β-unsaturated/α-hetero) is 1. The van der Waals surface area contributed by atoms with Crippen LogP contribution in [0.3, 0.4) is 0 Å². The van der Waals surface area contributed by atoms with Gasteiger partial charge in [0.15, 0.2) is 5.78 Å². The summed E-state index contributed by atoms with van der Waals surface area (Å²) in [5.41, 5.74) is -3.90. The Morgan fingerprint density at radius 3 is 2.29 bits per heavy atom. The van der Waals surface area contributed by atoms with Crippen LogP contribution in [-0.4, -0.2) is 36.9 Å². The number of carbonyl (C=O) groups is 1. The zero-order chi connectivity index (χ0) is 22.8. The topological polar surface area (TPSA) is 29.5 Å². The molecule has 0 spiro atoms. The van der Waals surface area contributed by atoms with E-state index in [1.54, 1.807) is 0 Å². The zero-order valence-corrected chi connectivity index (χ0v) is 17.4. The highest BCUT2D eigenvalue weighted by atomic mass is 19.4. The maximum atomic E-state index is 13.5. The van der Waals surface area contributed by atoms with E-state index < -0.39 is 40.6 Å². The minimum absolute atomic E-state index is 0.00384. The van der Waals surface area contributed by atoms with Gasteiger partial charge in [-0.25, -0.2) is 0 Å². The summed E-state index contributed by atoms with van der Waals surface area (Å²) < 4.78 is 84.4. The van der Waals surface area contributed by atoms with Gasteiger partial charge in [-0.05, 0) is 69.7 Å². The van der Waals surface area contributed by atoms with Crippen LogP contribution >= 0.6 is 0 Å². The molecule has 0 N–H and O–H groups in total. The standard InChI is InChI=1S/C22H27F6NO2/c1-31-19-13-15(21(23,24)25)12-16(22(26,27)28)20(19)18(30)9-5-7-14-6-4-8-17(14)29-10-2-3-11-29/h12-14,17H,2-11H2,1H3/t14-,17-/m1/s1. The van der Waals surface area contributed by atoms with Crippen LogP contribution < -0.4 is 4.74 Å². The van der Waals surface area contributed by atoms with Gasteiger partial charge in [0.1, 0.15) is 5.75 Å². The third kappa shape index (κ3) is 5.54. The summed E-state index contributed by atoms with van der Waals surface area (Å²) in [7, 11) is 0.964. The Morgan fingerprint density at radius 2 is 1.71 bits per heavy atom. The van der Waals surface area contributed by atoms with Gasteiger partial charge in [0, 0.05) is 12.5 Å². The van der Waals surface area contributed by atoms with Gasteiger partial charge >= 0.3 is 12.4 Å². The van der Waals surface area contributed by atoms with Crippen molar-refractivity contribution in [3.63, 3.8) is 0 Å². The molecular weight excluding hydrogens is 424 g/mol. The van der Waals surface area contributed by atoms with Gasteiger partial charge in [-0.15, -0.1) is 0 Å². The molecule has 174 valence electrons. The second-order valence-corrected chi connectivity index (χ2v) is 8.41. The second-order valence-electron chi connectivity index (χ2n) is 8.41. The van der Waals surface area contributed by atoms with Crippen molar-refractivity contribution in [3.8, 4) is 5.75 Å². The molecule has 2 atom stereocenters. The van der Waals surface area contributed by atoms with E-state index in [-0.39, 0.29) is 12.5 Å². The third-order valence-electron chi connectivity index (χ3n) is 6.44. The van der Waals surface area contributed by atoms with Crippen LogP contribution in [0.4, 0.5) is 26.3 Å². The molecule has 1 aromatic carbocycles. The first kappa shape index (κ1) is 23.9. The van der Waals surface area contributed by atoms with E-state index in [4.69, 9.17) is 4.74 Å². The highest BCUT2D eigenvalue weighted by molar-refractivity contribution is 6.00. The molecule has 9 heteroatoms. The molecule has 1 aliphatic heterocycles. The minimum atomic E-state index is -5.11. The van der Waals surface area contributed by atoms with E-state index in [1.165, 1.54) is 12.8 Å². The van der Waals surface area contributed by atoms with Crippen LogP contribution in [0.15, 0.2) is 12.1 Å². The normalized spacial score (nSPS) is 22.8. The molecule has 1 aliphatic carbocycles. The fourth-order valence-electron chi connectivity index (χ4n) is 5.01. The van der Waals surface area contributed by atoms with Crippen molar-refractivity contribution in [2.75, 3.05) is 20.2 Å². The van der Waals surface area contributed by atoms with Gasteiger partial charge in [0.05, 0.1) is 23.8 Å². The van der Waals surface area contributed by atoms with E-state index in [1.807, 2.05) is 0 Å². The Labute approximate surface area is 177 Å². The van der Waals surface area contributed by atoms with Crippen molar-refractivity contribution in [3.05, 3.63) is 28.8 Å². The van der Waals surface area contributed by atoms with Crippen molar-refractivity contribution in [2.24, 2.45) is 5.92 Å². The predicted octanol–water partition coefficient (Wildman–Crippen LogP) is 6.35. The summed E-state index contributed by atoms with van der Waals surface area (Å²) in [6.45, 7) is 2.13. The highest BCUT2D eigenvalue weighted by Crippen LogP contribution is 2.42. The van der Waals surface area contributed by atoms with Gasteiger partial charge < -0.3 is 9.64 Å². The Kier molecular flexibility index (Phi) is 7.23. The maximum absolute atomic E-state index is 13.5. The van der Waals surface area contributed by atoms with Crippen molar-refractivity contribution >= 4 is 5.78 Å². The molecule has 0 radical (unpaired) electrons. The smallest absolute Gasteiger partial charge is 0.417 e. The van der Waals surface area contributed by atoms with Crippen LogP contribution in [-0.2, 0) is 12.4 Å². The predicted molar refractivity (Wildman–Crippen MR) is 103 cm³/mol. The summed E-state index contributed by atoms with van der Waals surface area (Å²) in [6.07, 6.45) is -3.54. The fraction of sp³-hybridized carbons (Fsp3) is 0.682. The summed E-state index contributed by atoms with van der Waals surface area (Å²) in [4.78, 5) is 15.2. The molecule has 0 unspecified atom stereocenters. The van der Waals surface area contributed by atoms with Crippen LogP contribution in [0, 0.1) is 5.92 Å². The largest absolute Gasteiger partial charge is 0.496 e. The maximum Gasteiger partial charge on any atom is 0.417 e. The van der Waals surface area contributed by atoms with Gasteiger partial charge in [-0.3, -0.25) is 4.79 Å². The molecule has 0 amide bonds. The molecule has 1 heterocycles. The third-order valence-corrected chi connectivity index (χ3v) is 6.44. The lowest BCUT2D eigenvalue weighted by Crippen LogP contribution is -2.35. The number of carbonyl (C=O) groups excluding carboxylic acids is 1. The van der Waals surface area contributed by atoms with Crippen LogP contribution in [0.2, 0.25) is 0 Å². The van der Waals surface area contributed by atoms with Gasteiger partial charge in [0.25, 0.3) is 0 Å². The number of hydrogen-bond acceptors (Lipinski definition) is 3. The van der Waals surface area contributed by atoms with Crippen LogP contribution in [0.25, 0.3) is 0 Å². The monoisotopic (exact) mass is 451 g/mol. The molecule has 0 aromatic heterocycles. The quantitative estimate of drug-likeness (QED) is 0.357. The molecule has 31 heavy (non-hydrogen) atoms.